The molecule has 0 aliphatic carbocycles. The Balaban J connectivity index is 1.20. The highest BCUT2D eigenvalue weighted by Crippen LogP contribution is 2.21. The van der Waals surface area contributed by atoms with E-state index in [1.165, 1.54) is 0 Å². The Kier molecular flexibility index (Phi) is 6.44. The highest BCUT2D eigenvalue weighted by atomic mass is 16.5. The molecule has 8 nitrogen and oxygen atoms in total. The summed E-state index contributed by atoms with van der Waals surface area (Å²) in [7, 11) is 0. The average molecular weight is 446 g/mol. The van der Waals surface area contributed by atoms with Gasteiger partial charge in [0.2, 0.25) is 17.7 Å². The first kappa shape index (κ1) is 21.3. The van der Waals surface area contributed by atoms with Gasteiger partial charge in [-0.1, -0.05) is 18.2 Å². The first-order chi connectivity index (χ1) is 16.2. The number of hydrogen-bond donors (Lipinski definition) is 1. The number of carbonyl (C=O) groups is 1. The van der Waals surface area contributed by atoms with Crippen LogP contribution in [0.4, 0.5) is 0 Å². The van der Waals surface area contributed by atoms with Crippen molar-refractivity contribution in [3.63, 3.8) is 0 Å². The fourth-order valence-corrected chi connectivity index (χ4v) is 4.27. The minimum absolute atomic E-state index is 0.0543. The summed E-state index contributed by atoms with van der Waals surface area (Å²) in [5.74, 6) is 1.09. The molecule has 0 saturated carbocycles. The number of pyridine rings is 1. The van der Waals surface area contributed by atoms with Crippen LogP contribution in [0.25, 0.3) is 10.9 Å². The maximum Gasteiger partial charge on any atom is 0.223 e. The third-order valence-electron chi connectivity index (χ3n) is 6.00. The molecule has 1 amide bonds. The van der Waals surface area contributed by atoms with Gasteiger partial charge < -0.3 is 19.0 Å². The molecule has 1 saturated heterocycles. The van der Waals surface area contributed by atoms with Gasteiger partial charge >= 0.3 is 0 Å². The topological polar surface area (TPSA) is 97.1 Å². The van der Waals surface area contributed by atoms with Crippen LogP contribution >= 0.6 is 0 Å². The molecule has 1 N–H and O–H groups in total. The predicted molar refractivity (Wildman–Crippen MR) is 122 cm³/mol. The van der Waals surface area contributed by atoms with E-state index in [9.17, 15) is 4.79 Å². The lowest BCUT2D eigenvalue weighted by atomic mass is 10.1. The van der Waals surface area contributed by atoms with Crippen molar-refractivity contribution >= 4 is 16.8 Å². The Morgan fingerprint density at radius 1 is 1.12 bits per heavy atom. The highest BCUT2D eigenvalue weighted by Gasteiger charge is 2.23. The summed E-state index contributed by atoms with van der Waals surface area (Å²) >= 11 is 0. The number of aryl methyl sites for hydroxylation is 1. The Hall–Kier alpha value is -3.52. The maximum atomic E-state index is 13.1. The molecular weight excluding hydrogens is 418 g/mol. The zero-order valence-corrected chi connectivity index (χ0v) is 18.4. The van der Waals surface area contributed by atoms with E-state index in [0.29, 0.717) is 44.1 Å². The maximum absolute atomic E-state index is 13.1. The van der Waals surface area contributed by atoms with Crippen molar-refractivity contribution in [1.82, 2.24) is 25.1 Å². The summed E-state index contributed by atoms with van der Waals surface area (Å²) in [6.07, 6.45) is 8.88. The SMILES string of the molecule is O=C(CCc1nnc(Cc2c[nH]c3ccccc23)o1)N(Cc1ccncc1)CC1CCCO1. The standard InChI is InChI=1S/C25H27N5O3/c31-25(30(17-20-4-3-13-32-20)16-18-9-11-26-12-10-18)8-7-23-28-29-24(33-23)14-19-15-27-22-6-2-1-5-21(19)22/h1-2,5-6,9-12,15,20,27H,3-4,7-8,13-14,16-17H2. The number of rotatable bonds is 9. The van der Waals surface area contributed by atoms with Crippen LogP contribution in [0, 0.1) is 0 Å². The van der Waals surface area contributed by atoms with Gasteiger partial charge in [-0.25, -0.2) is 0 Å². The number of benzene rings is 1. The second-order valence-electron chi connectivity index (χ2n) is 8.39. The van der Waals surface area contributed by atoms with Gasteiger partial charge in [0.05, 0.1) is 12.5 Å². The van der Waals surface area contributed by atoms with Crippen LogP contribution in [0.5, 0.6) is 0 Å². The molecule has 1 aromatic carbocycles. The van der Waals surface area contributed by atoms with E-state index in [-0.39, 0.29) is 12.0 Å². The average Bonchev–Trinajstić information content (AvgIpc) is 3.60. The van der Waals surface area contributed by atoms with E-state index in [1.54, 1.807) is 12.4 Å². The molecule has 3 aromatic heterocycles. The Bertz CT molecular complexity index is 1200. The zero-order chi connectivity index (χ0) is 22.5. The number of H-pyrrole nitrogens is 1. The van der Waals surface area contributed by atoms with E-state index < -0.39 is 0 Å². The van der Waals surface area contributed by atoms with Gasteiger partial charge in [0.25, 0.3) is 0 Å². The van der Waals surface area contributed by atoms with Crippen LogP contribution in [-0.4, -0.2) is 50.2 Å². The third-order valence-corrected chi connectivity index (χ3v) is 6.00. The lowest BCUT2D eigenvalue weighted by Crippen LogP contribution is -2.37. The molecule has 1 atom stereocenters. The number of para-hydroxylation sites is 1. The lowest BCUT2D eigenvalue weighted by Gasteiger charge is -2.25. The summed E-state index contributed by atoms with van der Waals surface area (Å²) in [4.78, 5) is 22.3. The van der Waals surface area contributed by atoms with E-state index in [1.807, 2.05) is 41.4 Å². The van der Waals surface area contributed by atoms with E-state index in [4.69, 9.17) is 9.15 Å². The van der Waals surface area contributed by atoms with E-state index >= 15 is 0 Å². The molecule has 8 heteroatoms. The van der Waals surface area contributed by atoms with Crippen LogP contribution in [-0.2, 0) is 28.9 Å². The molecule has 1 fully saturated rings. The molecule has 4 aromatic rings. The largest absolute Gasteiger partial charge is 0.425 e. The second-order valence-corrected chi connectivity index (χ2v) is 8.39. The Morgan fingerprint density at radius 2 is 1.97 bits per heavy atom. The van der Waals surface area contributed by atoms with Crippen LogP contribution in [0.3, 0.4) is 0 Å². The van der Waals surface area contributed by atoms with Crippen molar-refractivity contribution in [2.75, 3.05) is 13.2 Å². The lowest BCUT2D eigenvalue weighted by molar-refractivity contribution is -0.133. The number of amides is 1. The Labute approximate surface area is 192 Å². The number of nitrogens with zero attached hydrogens (tertiary/aromatic N) is 4. The molecule has 33 heavy (non-hydrogen) atoms. The number of hydrogen-bond acceptors (Lipinski definition) is 6. The van der Waals surface area contributed by atoms with Crippen LogP contribution in [0.15, 0.2) is 59.4 Å². The van der Waals surface area contributed by atoms with Crippen molar-refractivity contribution in [2.24, 2.45) is 0 Å². The van der Waals surface area contributed by atoms with Crippen LogP contribution in [0.2, 0.25) is 0 Å². The monoisotopic (exact) mass is 445 g/mol. The van der Waals surface area contributed by atoms with E-state index in [0.717, 1.165) is 41.5 Å². The van der Waals surface area contributed by atoms with Crippen molar-refractivity contribution in [1.29, 1.82) is 0 Å². The number of nitrogens with one attached hydrogen (secondary N) is 1. The van der Waals surface area contributed by atoms with Crippen LogP contribution < -0.4 is 0 Å². The second kappa shape index (κ2) is 9.95. The van der Waals surface area contributed by atoms with Gasteiger partial charge in [0.1, 0.15) is 0 Å². The van der Waals surface area contributed by atoms with Gasteiger partial charge in [0, 0.05) is 62.0 Å². The quantitative estimate of drug-likeness (QED) is 0.422. The molecule has 1 aliphatic rings. The first-order valence-electron chi connectivity index (χ1n) is 11.4. The molecular formula is C25H27N5O3. The van der Waals surface area contributed by atoms with Gasteiger partial charge in [-0.3, -0.25) is 9.78 Å². The minimum Gasteiger partial charge on any atom is -0.425 e. The van der Waals surface area contributed by atoms with Crippen molar-refractivity contribution in [2.45, 2.75) is 44.8 Å². The molecule has 0 bridgehead atoms. The number of ether oxygens (including phenoxy) is 1. The summed E-state index contributed by atoms with van der Waals surface area (Å²) < 4.78 is 11.6. The normalized spacial score (nSPS) is 15.8. The molecule has 0 radical (unpaired) electrons. The summed E-state index contributed by atoms with van der Waals surface area (Å²) in [5, 5.41) is 9.50. The van der Waals surface area contributed by atoms with Gasteiger partial charge in [-0.15, -0.1) is 10.2 Å². The smallest absolute Gasteiger partial charge is 0.223 e. The molecule has 4 heterocycles. The van der Waals surface area contributed by atoms with Crippen molar-refractivity contribution in [3.8, 4) is 0 Å². The van der Waals surface area contributed by atoms with Crippen molar-refractivity contribution < 1.29 is 13.9 Å². The van der Waals surface area contributed by atoms with Gasteiger partial charge in [0.15, 0.2) is 0 Å². The zero-order valence-electron chi connectivity index (χ0n) is 18.4. The molecule has 1 unspecified atom stereocenters. The first-order valence-corrected chi connectivity index (χ1v) is 11.4. The number of carbonyl (C=O) groups excluding carboxylic acids is 1. The van der Waals surface area contributed by atoms with Crippen LogP contribution in [0.1, 0.15) is 42.2 Å². The predicted octanol–water partition coefficient (Wildman–Crippen LogP) is 3.68. The Morgan fingerprint density at radius 3 is 2.82 bits per heavy atom. The molecule has 1 aliphatic heterocycles. The third kappa shape index (κ3) is 5.28. The molecule has 0 spiro atoms. The minimum atomic E-state index is 0.0543. The summed E-state index contributed by atoms with van der Waals surface area (Å²) in [6.45, 7) is 1.90. The number of aromatic nitrogens is 4. The van der Waals surface area contributed by atoms with Crippen molar-refractivity contribution in [3.05, 3.63) is 77.9 Å². The summed E-state index contributed by atoms with van der Waals surface area (Å²) in [5.41, 5.74) is 3.24. The molecule has 170 valence electrons. The highest BCUT2D eigenvalue weighted by molar-refractivity contribution is 5.83. The molecule has 5 rings (SSSR count). The van der Waals surface area contributed by atoms with E-state index in [2.05, 4.69) is 26.2 Å². The number of fused-ring (bicyclic) bond motifs is 1. The summed E-state index contributed by atoms with van der Waals surface area (Å²) in [6, 6.07) is 12.0. The van der Waals surface area contributed by atoms with Gasteiger partial charge in [-0.2, -0.15) is 0 Å². The van der Waals surface area contributed by atoms with Gasteiger partial charge in [-0.05, 0) is 42.2 Å². The fraction of sp³-hybridized carbons (Fsp3) is 0.360. The number of aromatic amines is 1. The fourth-order valence-electron chi connectivity index (χ4n) is 4.27.